The van der Waals surface area contributed by atoms with E-state index >= 15 is 0 Å². The molecule has 4 nitrogen and oxygen atoms in total. The highest BCUT2D eigenvalue weighted by Crippen LogP contribution is 2.21. The molecule has 0 saturated carbocycles. The molecule has 0 spiro atoms. The maximum atomic E-state index is 12.0. The lowest BCUT2D eigenvalue weighted by atomic mass is 10.2. The van der Waals surface area contributed by atoms with Gasteiger partial charge in [-0.1, -0.05) is 34.8 Å². The summed E-state index contributed by atoms with van der Waals surface area (Å²) in [7, 11) is 0. The van der Waals surface area contributed by atoms with Crippen LogP contribution in [-0.4, -0.2) is 15.9 Å². The number of nitrogens with zero attached hydrogens (tertiary/aromatic N) is 2. The summed E-state index contributed by atoms with van der Waals surface area (Å²) in [6.45, 7) is 1.79. The molecule has 2 heterocycles. The Balaban J connectivity index is 2.25. The lowest BCUT2D eigenvalue weighted by Crippen LogP contribution is -2.13. The fourth-order valence-corrected chi connectivity index (χ4v) is 1.86. The lowest BCUT2D eigenvalue weighted by molar-refractivity contribution is 0.102. The molecule has 2 aromatic rings. The van der Waals surface area contributed by atoms with E-state index < -0.39 is 5.91 Å². The molecule has 0 aromatic carbocycles. The summed E-state index contributed by atoms with van der Waals surface area (Å²) in [5.41, 5.74) is 1.53. The summed E-state index contributed by atoms with van der Waals surface area (Å²) in [4.78, 5) is 19.8. The number of nitrogens with one attached hydrogen (secondary N) is 1. The summed E-state index contributed by atoms with van der Waals surface area (Å²) < 4.78 is 0. The van der Waals surface area contributed by atoms with Crippen LogP contribution in [0.1, 0.15) is 15.9 Å². The molecular formula is C12H8Cl3N3O. The number of amides is 1. The Hall–Kier alpha value is -1.36. The Morgan fingerprint density at radius 3 is 2.58 bits per heavy atom. The lowest BCUT2D eigenvalue weighted by Gasteiger charge is -2.07. The van der Waals surface area contributed by atoms with Crippen LogP contribution < -0.4 is 5.32 Å². The van der Waals surface area contributed by atoms with Crippen molar-refractivity contribution in [2.45, 2.75) is 6.92 Å². The molecular weight excluding hydrogens is 309 g/mol. The number of carbonyl (C=O) groups excluding carboxylic acids is 1. The number of aromatic nitrogens is 2. The topological polar surface area (TPSA) is 54.9 Å². The fourth-order valence-electron chi connectivity index (χ4n) is 1.41. The van der Waals surface area contributed by atoms with Gasteiger partial charge in [0.1, 0.15) is 10.3 Å². The number of hydrogen-bond acceptors (Lipinski definition) is 3. The number of rotatable bonds is 2. The van der Waals surface area contributed by atoms with Crippen LogP contribution in [0.5, 0.6) is 0 Å². The van der Waals surface area contributed by atoms with Gasteiger partial charge in [-0.15, -0.1) is 0 Å². The first kappa shape index (κ1) is 14.1. The molecule has 19 heavy (non-hydrogen) atoms. The quantitative estimate of drug-likeness (QED) is 0.852. The van der Waals surface area contributed by atoms with E-state index in [0.717, 1.165) is 5.56 Å². The zero-order chi connectivity index (χ0) is 14.0. The van der Waals surface area contributed by atoms with E-state index in [1.54, 1.807) is 13.0 Å². The second-order valence-corrected chi connectivity index (χ2v) is 4.93. The number of halogens is 3. The Bertz CT molecular complexity index is 646. The van der Waals surface area contributed by atoms with Gasteiger partial charge in [-0.2, -0.15) is 0 Å². The Morgan fingerprint density at radius 2 is 1.89 bits per heavy atom. The molecule has 0 fully saturated rings. The second-order valence-electron chi connectivity index (χ2n) is 3.77. The van der Waals surface area contributed by atoms with Crippen molar-refractivity contribution < 1.29 is 4.79 Å². The van der Waals surface area contributed by atoms with Crippen molar-refractivity contribution in [2.24, 2.45) is 0 Å². The molecule has 2 aromatic heterocycles. The number of pyridine rings is 2. The highest BCUT2D eigenvalue weighted by atomic mass is 35.5. The van der Waals surface area contributed by atoms with Crippen LogP contribution in [0.3, 0.4) is 0 Å². The third-order valence-electron chi connectivity index (χ3n) is 2.34. The monoisotopic (exact) mass is 315 g/mol. The minimum atomic E-state index is -0.391. The maximum Gasteiger partial charge on any atom is 0.257 e. The first-order valence-corrected chi connectivity index (χ1v) is 6.35. The van der Waals surface area contributed by atoms with Gasteiger partial charge >= 0.3 is 0 Å². The van der Waals surface area contributed by atoms with E-state index in [9.17, 15) is 4.79 Å². The molecule has 7 heteroatoms. The molecule has 0 aliphatic rings. The van der Waals surface area contributed by atoms with Gasteiger partial charge in [-0.05, 0) is 24.6 Å². The average Bonchev–Trinajstić information content (AvgIpc) is 2.36. The Labute approximate surface area is 124 Å². The summed E-state index contributed by atoms with van der Waals surface area (Å²) in [5.74, 6) is -0.391. The zero-order valence-corrected chi connectivity index (χ0v) is 12.0. The predicted octanol–water partition coefficient (Wildman–Crippen LogP) is 4.00. The molecule has 0 bridgehead atoms. The molecule has 1 amide bonds. The zero-order valence-electron chi connectivity index (χ0n) is 9.75. The van der Waals surface area contributed by atoms with Gasteiger partial charge in [0.25, 0.3) is 5.91 Å². The van der Waals surface area contributed by atoms with Gasteiger partial charge in [-0.3, -0.25) is 4.79 Å². The van der Waals surface area contributed by atoms with Crippen molar-refractivity contribution in [1.29, 1.82) is 0 Å². The Morgan fingerprint density at radius 1 is 1.16 bits per heavy atom. The molecule has 0 radical (unpaired) electrons. The van der Waals surface area contributed by atoms with Crippen LogP contribution in [0.2, 0.25) is 15.3 Å². The first-order chi connectivity index (χ1) is 8.97. The van der Waals surface area contributed by atoms with Crippen LogP contribution >= 0.6 is 34.8 Å². The summed E-state index contributed by atoms with van der Waals surface area (Å²) in [6.07, 6.45) is 2.79. The minimum Gasteiger partial charge on any atom is -0.321 e. The van der Waals surface area contributed by atoms with Crippen molar-refractivity contribution in [3.8, 4) is 0 Å². The molecule has 2 rings (SSSR count). The minimum absolute atomic E-state index is 0.194. The highest BCUT2D eigenvalue weighted by Gasteiger charge is 2.12. The maximum absolute atomic E-state index is 12.0. The molecule has 98 valence electrons. The van der Waals surface area contributed by atoms with Gasteiger partial charge in [0.2, 0.25) is 0 Å². The van der Waals surface area contributed by atoms with Gasteiger partial charge in [-0.25, -0.2) is 9.97 Å². The molecule has 0 aliphatic carbocycles. The third kappa shape index (κ3) is 3.35. The summed E-state index contributed by atoms with van der Waals surface area (Å²) in [6, 6.07) is 3.11. The van der Waals surface area contributed by atoms with E-state index in [4.69, 9.17) is 34.8 Å². The normalized spacial score (nSPS) is 10.3. The number of hydrogen-bond donors (Lipinski definition) is 1. The van der Waals surface area contributed by atoms with Gasteiger partial charge in [0.05, 0.1) is 22.5 Å². The van der Waals surface area contributed by atoms with Gasteiger partial charge in [0.15, 0.2) is 0 Å². The largest absolute Gasteiger partial charge is 0.321 e. The predicted molar refractivity (Wildman–Crippen MR) is 76.2 cm³/mol. The van der Waals surface area contributed by atoms with Crippen LogP contribution in [-0.2, 0) is 0 Å². The molecule has 0 atom stereocenters. The second kappa shape index (κ2) is 5.74. The molecule has 1 N–H and O–H groups in total. The number of aryl methyl sites for hydroxylation is 1. The summed E-state index contributed by atoms with van der Waals surface area (Å²) >= 11 is 17.4. The third-order valence-corrected chi connectivity index (χ3v) is 3.24. The standard InChI is InChI=1S/C12H8Cl3N3O/c1-6-2-7(4-17-11(6)15)18-12(19)8-3-10(14)16-5-9(8)13/h2-5H,1H3,(H,18,19). The van der Waals surface area contributed by atoms with Crippen molar-refractivity contribution in [1.82, 2.24) is 9.97 Å². The van der Waals surface area contributed by atoms with Crippen LogP contribution in [0, 0.1) is 6.92 Å². The number of anilines is 1. The van der Waals surface area contributed by atoms with Gasteiger partial charge < -0.3 is 5.32 Å². The van der Waals surface area contributed by atoms with Crippen LogP contribution in [0.15, 0.2) is 24.5 Å². The van der Waals surface area contributed by atoms with Crippen molar-refractivity contribution in [3.05, 3.63) is 51.0 Å². The smallest absolute Gasteiger partial charge is 0.257 e. The van der Waals surface area contributed by atoms with E-state index in [-0.39, 0.29) is 15.7 Å². The highest BCUT2D eigenvalue weighted by molar-refractivity contribution is 6.35. The van der Waals surface area contributed by atoms with E-state index in [1.165, 1.54) is 18.5 Å². The number of carbonyl (C=O) groups is 1. The molecule has 0 saturated heterocycles. The average molecular weight is 317 g/mol. The van der Waals surface area contributed by atoms with Crippen molar-refractivity contribution in [2.75, 3.05) is 5.32 Å². The summed E-state index contributed by atoms with van der Waals surface area (Å²) in [5, 5.41) is 3.47. The first-order valence-electron chi connectivity index (χ1n) is 5.22. The van der Waals surface area contributed by atoms with Crippen LogP contribution in [0.25, 0.3) is 0 Å². The van der Waals surface area contributed by atoms with E-state index in [1.807, 2.05) is 0 Å². The molecule has 0 aliphatic heterocycles. The SMILES string of the molecule is Cc1cc(NC(=O)c2cc(Cl)ncc2Cl)cnc1Cl. The fraction of sp³-hybridized carbons (Fsp3) is 0.0833. The van der Waals surface area contributed by atoms with Crippen molar-refractivity contribution >= 4 is 46.4 Å². The van der Waals surface area contributed by atoms with Crippen LogP contribution in [0.4, 0.5) is 5.69 Å². The van der Waals surface area contributed by atoms with E-state index in [2.05, 4.69) is 15.3 Å². The van der Waals surface area contributed by atoms with Crippen molar-refractivity contribution in [3.63, 3.8) is 0 Å². The van der Waals surface area contributed by atoms with Gasteiger partial charge in [0, 0.05) is 6.20 Å². The molecule has 0 unspecified atom stereocenters. The van der Waals surface area contributed by atoms with E-state index in [0.29, 0.717) is 10.8 Å². The Kier molecular flexibility index (Phi) is 4.24.